The minimum Gasteiger partial charge on any atom is -0.447 e. The van der Waals surface area contributed by atoms with E-state index < -0.39 is 6.09 Å². The Bertz CT molecular complexity index is 879. The van der Waals surface area contributed by atoms with Gasteiger partial charge in [-0.05, 0) is 70.0 Å². The van der Waals surface area contributed by atoms with Gasteiger partial charge in [-0.1, -0.05) is 24.3 Å². The maximum absolute atomic E-state index is 13.2. The first kappa shape index (κ1) is 19.9. The maximum atomic E-state index is 13.2. The van der Waals surface area contributed by atoms with Crippen molar-refractivity contribution in [3.05, 3.63) is 53.6 Å². The van der Waals surface area contributed by atoms with Gasteiger partial charge in [0, 0.05) is 5.69 Å². The molecule has 28 heavy (non-hydrogen) atoms. The first-order valence-corrected chi connectivity index (χ1v) is 9.60. The molecule has 2 aromatic rings. The third kappa shape index (κ3) is 4.17. The van der Waals surface area contributed by atoms with E-state index in [1.807, 2.05) is 43.3 Å². The van der Waals surface area contributed by atoms with Gasteiger partial charge in [-0.3, -0.25) is 15.0 Å². The summed E-state index contributed by atoms with van der Waals surface area (Å²) in [4.78, 5) is 27.0. The number of benzene rings is 2. The predicted molar refractivity (Wildman–Crippen MR) is 111 cm³/mol. The summed E-state index contributed by atoms with van der Waals surface area (Å²) in [5.41, 5.74) is 4.47. The molecule has 0 saturated heterocycles. The molecular formula is C22H27N3O3. The summed E-state index contributed by atoms with van der Waals surface area (Å²) in [5.74, 6) is -0.0417. The van der Waals surface area contributed by atoms with E-state index in [4.69, 9.17) is 4.74 Å². The summed E-state index contributed by atoms with van der Waals surface area (Å²) in [5, 5.41) is 5.79. The number of para-hydroxylation sites is 1. The third-order valence-corrected chi connectivity index (χ3v) is 4.84. The lowest BCUT2D eigenvalue weighted by molar-refractivity contribution is -0.119. The summed E-state index contributed by atoms with van der Waals surface area (Å²) < 4.78 is 5.17. The Morgan fingerprint density at radius 3 is 2.36 bits per heavy atom. The van der Waals surface area contributed by atoms with Crippen molar-refractivity contribution in [3.8, 4) is 0 Å². The summed E-state index contributed by atoms with van der Waals surface area (Å²) in [6.45, 7) is 5.44. The number of anilines is 3. The molecule has 1 aliphatic rings. The first-order chi connectivity index (χ1) is 13.4. The van der Waals surface area contributed by atoms with Gasteiger partial charge in [0.05, 0.1) is 23.5 Å². The normalized spacial score (nSPS) is 14.0. The largest absolute Gasteiger partial charge is 0.447 e. The van der Waals surface area contributed by atoms with Crippen molar-refractivity contribution in [3.63, 3.8) is 0 Å². The molecule has 0 aliphatic carbocycles. The maximum Gasteiger partial charge on any atom is 0.411 e. The van der Waals surface area contributed by atoms with Crippen molar-refractivity contribution in [2.75, 3.05) is 17.3 Å². The zero-order valence-electron chi connectivity index (χ0n) is 16.8. The Morgan fingerprint density at radius 2 is 1.68 bits per heavy atom. The van der Waals surface area contributed by atoms with Crippen LogP contribution in [0.2, 0.25) is 0 Å². The monoisotopic (exact) mass is 381 g/mol. The van der Waals surface area contributed by atoms with Crippen LogP contribution in [-0.2, 0) is 22.4 Å². The van der Waals surface area contributed by atoms with Crippen LogP contribution in [0, 0.1) is 0 Å². The third-order valence-electron chi connectivity index (χ3n) is 4.84. The number of hydrogen-bond donors (Lipinski definition) is 2. The van der Waals surface area contributed by atoms with Gasteiger partial charge >= 0.3 is 6.09 Å². The van der Waals surface area contributed by atoms with E-state index in [2.05, 4.69) is 16.7 Å². The number of amides is 2. The zero-order valence-corrected chi connectivity index (χ0v) is 16.8. The van der Waals surface area contributed by atoms with Crippen LogP contribution < -0.4 is 15.5 Å². The number of hydrogen-bond acceptors (Lipinski definition) is 4. The average Bonchev–Trinajstić information content (AvgIpc) is 2.82. The van der Waals surface area contributed by atoms with Crippen LogP contribution in [0.25, 0.3) is 0 Å². The molecule has 148 valence electrons. The highest BCUT2D eigenvalue weighted by Gasteiger charge is 2.28. The zero-order chi connectivity index (χ0) is 20.3. The van der Waals surface area contributed by atoms with E-state index in [9.17, 15) is 9.59 Å². The van der Waals surface area contributed by atoms with Crippen LogP contribution in [-0.4, -0.2) is 31.2 Å². The molecule has 1 heterocycles. The number of nitrogens with one attached hydrogen (secondary N) is 2. The standard InChI is InChI=1S/C22H27N3O3/c1-14(2)28-22(27)24-18-12-11-17-10-9-16-7-5-6-8-19(16)25(20(17)13-18)21(26)15(3)23-4/h5-8,11-15,23H,9-10H2,1-4H3,(H,24,27). The van der Waals surface area contributed by atoms with Crippen LogP contribution in [0.3, 0.4) is 0 Å². The molecule has 1 aliphatic heterocycles. The minimum absolute atomic E-state index is 0.0417. The number of aryl methyl sites for hydroxylation is 2. The SMILES string of the molecule is CNC(C)C(=O)N1c2ccccc2CCc2ccc(NC(=O)OC(C)C)cc21. The number of fused-ring (bicyclic) bond motifs is 2. The van der Waals surface area contributed by atoms with E-state index in [-0.39, 0.29) is 18.1 Å². The number of carbonyl (C=O) groups is 2. The molecule has 2 aromatic carbocycles. The van der Waals surface area contributed by atoms with Crippen LogP contribution >= 0.6 is 0 Å². The number of likely N-dealkylation sites (N-methyl/N-ethyl adjacent to an activating group) is 1. The van der Waals surface area contributed by atoms with Crippen LogP contribution in [0.4, 0.5) is 21.9 Å². The lowest BCUT2D eigenvalue weighted by atomic mass is 10.0. The van der Waals surface area contributed by atoms with Gasteiger partial charge in [-0.2, -0.15) is 0 Å². The van der Waals surface area contributed by atoms with E-state index in [0.717, 1.165) is 35.3 Å². The van der Waals surface area contributed by atoms with Crippen LogP contribution in [0.1, 0.15) is 31.9 Å². The topological polar surface area (TPSA) is 70.7 Å². The summed E-state index contributed by atoms with van der Waals surface area (Å²) in [6.07, 6.45) is 0.955. The van der Waals surface area contributed by atoms with Gasteiger partial charge in [-0.15, -0.1) is 0 Å². The highest BCUT2D eigenvalue weighted by molar-refractivity contribution is 6.05. The van der Waals surface area contributed by atoms with Crippen LogP contribution in [0.15, 0.2) is 42.5 Å². The molecule has 0 saturated carbocycles. The summed E-state index contributed by atoms with van der Waals surface area (Å²) >= 11 is 0. The fraction of sp³-hybridized carbons (Fsp3) is 0.364. The highest BCUT2D eigenvalue weighted by atomic mass is 16.6. The molecule has 1 unspecified atom stereocenters. The highest BCUT2D eigenvalue weighted by Crippen LogP contribution is 2.38. The Hall–Kier alpha value is -2.86. The second-order valence-corrected chi connectivity index (χ2v) is 7.24. The Kier molecular flexibility index (Phi) is 5.99. The molecule has 2 N–H and O–H groups in total. The van der Waals surface area contributed by atoms with Gasteiger partial charge in [-0.25, -0.2) is 4.79 Å². The molecule has 0 fully saturated rings. The van der Waals surface area contributed by atoms with Crippen molar-refractivity contribution in [2.24, 2.45) is 0 Å². The first-order valence-electron chi connectivity index (χ1n) is 9.60. The van der Waals surface area contributed by atoms with Gasteiger partial charge in [0.2, 0.25) is 5.91 Å². The molecule has 6 heteroatoms. The molecule has 0 spiro atoms. The molecule has 0 radical (unpaired) electrons. The van der Waals surface area contributed by atoms with E-state index in [1.165, 1.54) is 0 Å². The molecule has 2 amide bonds. The predicted octanol–water partition coefficient (Wildman–Crippen LogP) is 4.01. The fourth-order valence-corrected chi connectivity index (χ4v) is 3.32. The Balaban J connectivity index is 2.05. The quantitative estimate of drug-likeness (QED) is 0.839. The average molecular weight is 381 g/mol. The molecule has 6 nitrogen and oxygen atoms in total. The lowest BCUT2D eigenvalue weighted by Crippen LogP contribution is -2.41. The molecule has 0 bridgehead atoms. The second-order valence-electron chi connectivity index (χ2n) is 7.24. The summed E-state index contributed by atoms with van der Waals surface area (Å²) in [7, 11) is 1.77. The summed E-state index contributed by atoms with van der Waals surface area (Å²) in [6, 6.07) is 13.3. The van der Waals surface area contributed by atoms with E-state index in [1.54, 1.807) is 25.8 Å². The Labute approximate surface area is 165 Å². The molecular weight excluding hydrogens is 354 g/mol. The van der Waals surface area contributed by atoms with Gasteiger partial charge in [0.25, 0.3) is 0 Å². The molecule has 3 rings (SSSR count). The second kappa shape index (κ2) is 8.44. The van der Waals surface area contributed by atoms with Gasteiger partial charge in [0.1, 0.15) is 0 Å². The van der Waals surface area contributed by atoms with Gasteiger partial charge < -0.3 is 10.1 Å². The Morgan fingerprint density at radius 1 is 1.00 bits per heavy atom. The van der Waals surface area contributed by atoms with Crippen molar-refractivity contribution in [2.45, 2.75) is 45.8 Å². The smallest absolute Gasteiger partial charge is 0.411 e. The lowest BCUT2D eigenvalue weighted by Gasteiger charge is -2.28. The number of nitrogens with zero attached hydrogens (tertiary/aromatic N) is 1. The van der Waals surface area contributed by atoms with Crippen LogP contribution in [0.5, 0.6) is 0 Å². The fourth-order valence-electron chi connectivity index (χ4n) is 3.32. The van der Waals surface area contributed by atoms with Crippen molar-refractivity contribution >= 4 is 29.1 Å². The van der Waals surface area contributed by atoms with Crippen molar-refractivity contribution < 1.29 is 14.3 Å². The minimum atomic E-state index is -0.509. The van der Waals surface area contributed by atoms with Crippen molar-refractivity contribution in [1.82, 2.24) is 5.32 Å². The van der Waals surface area contributed by atoms with E-state index in [0.29, 0.717) is 5.69 Å². The number of rotatable bonds is 4. The number of ether oxygens (including phenoxy) is 1. The van der Waals surface area contributed by atoms with E-state index >= 15 is 0 Å². The number of carbonyl (C=O) groups excluding carboxylic acids is 2. The molecule has 1 atom stereocenters. The molecule has 0 aromatic heterocycles. The van der Waals surface area contributed by atoms with Crippen molar-refractivity contribution in [1.29, 1.82) is 0 Å². The van der Waals surface area contributed by atoms with Gasteiger partial charge in [0.15, 0.2) is 0 Å².